The van der Waals surface area contributed by atoms with Crippen LogP contribution in [0.2, 0.25) is 0 Å². The standard InChI is InChI=1S/C28H36O2.C6H10/c1-27(2,3)19-8-5-17(6-9-19)23-16-28(4)24(13-14-25(28)30)22-11-7-18-15-20(29)10-12-21(18)26(22)23;1-5-6(2,3)4/h5-6,8-9,15,22-25,30H,7,10-14,16H2,1-4H3;1H,2-4H3. The van der Waals surface area contributed by atoms with Gasteiger partial charge < -0.3 is 5.11 Å². The minimum Gasteiger partial charge on any atom is -0.393 e. The van der Waals surface area contributed by atoms with Gasteiger partial charge in [0.15, 0.2) is 5.78 Å². The molecule has 5 unspecified atom stereocenters. The summed E-state index contributed by atoms with van der Waals surface area (Å²) in [6.07, 6.45) is 13.7. The van der Waals surface area contributed by atoms with Crippen molar-refractivity contribution in [2.75, 3.05) is 0 Å². The van der Waals surface area contributed by atoms with Gasteiger partial charge in [-0.25, -0.2) is 0 Å². The fraction of sp³-hybridized carbons (Fsp3) is 0.618. The van der Waals surface area contributed by atoms with Gasteiger partial charge in [-0.2, -0.15) is 0 Å². The Bertz CT molecular complexity index is 1100. The number of aliphatic hydroxyl groups excluding tert-OH is 1. The molecule has 2 saturated carbocycles. The molecule has 4 aliphatic carbocycles. The zero-order valence-electron chi connectivity index (χ0n) is 23.6. The van der Waals surface area contributed by atoms with E-state index in [9.17, 15) is 9.90 Å². The van der Waals surface area contributed by atoms with Crippen molar-refractivity contribution >= 4 is 5.78 Å². The second kappa shape index (κ2) is 9.64. The Hall–Kier alpha value is -2.11. The molecule has 0 bridgehead atoms. The summed E-state index contributed by atoms with van der Waals surface area (Å²) in [5.74, 6) is 4.42. The molecular weight excluding hydrogens is 440 g/mol. The van der Waals surface area contributed by atoms with Crippen LogP contribution in [0.15, 0.2) is 47.1 Å². The first-order valence-electron chi connectivity index (χ1n) is 14.0. The van der Waals surface area contributed by atoms with Gasteiger partial charge in [-0.05, 0) is 110 Å². The number of ketones is 1. The van der Waals surface area contributed by atoms with Gasteiger partial charge in [0.05, 0.1) is 6.10 Å². The van der Waals surface area contributed by atoms with Gasteiger partial charge in [0.1, 0.15) is 0 Å². The van der Waals surface area contributed by atoms with Crippen LogP contribution in [0, 0.1) is 35.0 Å². The van der Waals surface area contributed by atoms with Crippen molar-refractivity contribution in [2.24, 2.45) is 22.7 Å². The molecule has 0 spiro atoms. The Balaban J connectivity index is 0.000000455. The van der Waals surface area contributed by atoms with E-state index < -0.39 is 0 Å². The average molecular weight is 487 g/mol. The molecular formula is C34H46O2. The van der Waals surface area contributed by atoms with Crippen molar-refractivity contribution in [3.05, 3.63) is 58.2 Å². The molecule has 1 aromatic rings. The topological polar surface area (TPSA) is 37.3 Å². The number of rotatable bonds is 1. The molecule has 4 aliphatic rings. The second-order valence-corrected chi connectivity index (χ2v) is 13.9. The molecule has 2 heteroatoms. The number of carbonyl (C=O) groups is 1. The van der Waals surface area contributed by atoms with Crippen molar-refractivity contribution in [3.8, 4) is 12.3 Å². The zero-order valence-corrected chi connectivity index (χ0v) is 23.6. The number of hydrogen-bond acceptors (Lipinski definition) is 2. The van der Waals surface area contributed by atoms with E-state index >= 15 is 0 Å². The van der Waals surface area contributed by atoms with Crippen molar-refractivity contribution < 1.29 is 9.90 Å². The Kier molecular flexibility index (Phi) is 7.22. The van der Waals surface area contributed by atoms with Crippen LogP contribution >= 0.6 is 0 Å². The summed E-state index contributed by atoms with van der Waals surface area (Å²) >= 11 is 0. The highest BCUT2D eigenvalue weighted by Crippen LogP contribution is 2.63. The SMILES string of the molecule is C#CC(C)(C)C.CC(C)(C)c1ccc(C2CC3(C)C(O)CCC3C3CCC4=CC(=O)CCC4=C23)cc1. The highest BCUT2D eigenvalue weighted by molar-refractivity contribution is 5.93. The van der Waals surface area contributed by atoms with Crippen LogP contribution in [-0.2, 0) is 10.2 Å². The summed E-state index contributed by atoms with van der Waals surface area (Å²) in [6, 6.07) is 9.29. The molecule has 5 rings (SSSR count). The first kappa shape index (κ1) is 26.9. The smallest absolute Gasteiger partial charge is 0.156 e. The highest BCUT2D eigenvalue weighted by atomic mass is 16.3. The third kappa shape index (κ3) is 5.15. The van der Waals surface area contributed by atoms with E-state index in [1.807, 2.05) is 26.8 Å². The van der Waals surface area contributed by atoms with Crippen LogP contribution in [0.5, 0.6) is 0 Å². The number of carbonyl (C=O) groups excluding carboxylic acids is 1. The molecule has 0 aromatic heterocycles. The zero-order chi connectivity index (χ0) is 26.5. The number of hydrogen-bond donors (Lipinski definition) is 1. The molecule has 0 radical (unpaired) electrons. The number of terminal acetylenes is 1. The Morgan fingerprint density at radius 1 is 0.972 bits per heavy atom. The van der Waals surface area contributed by atoms with Gasteiger partial charge >= 0.3 is 0 Å². The maximum Gasteiger partial charge on any atom is 0.156 e. The maximum absolute atomic E-state index is 12.1. The van der Waals surface area contributed by atoms with Crippen LogP contribution in [0.1, 0.15) is 110 Å². The summed E-state index contributed by atoms with van der Waals surface area (Å²) < 4.78 is 0. The van der Waals surface area contributed by atoms with Crippen LogP contribution in [0.3, 0.4) is 0 Å². The van der Waals surface area contributed by atoms with Crippen LogP contribution < -0.4 is 0 Å². The minimum atomic E-state index is -0.185. The van der Waals surface area contributed by atoms with Gasteiger partial charge in [-0.3, -0.25) is 4.79 Å². The molecule has 5 atom stereocenters. The van der Waals surface area contributed by atoms with Gasteiger partial charge in [0.25, 0.3) is 0 Å². The van der Waals surface area contributed by atoms with Crippen molar-refractivity contribution in [1.82, 2.24) is 0 Å². The summed E-state index contributed by atoms with van der Waals surface area (Å²) in [6.45, 7) is 15.2. The molecule has 2 nitrogen and oxygen atoms in total. The van der Waals surface area contributed by atoms with Gasteiger partial charge in [0.2, 0.25) is 0 Å². The molecule has 0 aliphatic heterocycles. The molecule has 0 heterocycles. The van der Waals surface area contributed by atoms with Crippen molar-refractivity contribution in [3.63, 3.8) is 0 Å². The monoisotopic (exact) mass is 486 g/mol. The van der Waals surface area contributed by atoms with Crippen molar-refractivity contribution in [2.45, 2.75) is 111 Å². The van der Waals surface area contributed by atoms with Crippen LogP contribution in [-0.4, -0.2) is 17.0 Å². The Labute approximate surface area is 219 Å². The summed E-state index contributed by atoms with van der Waals surface area (Å²) in [5, 5.41) is 11.0. The van der Waals surface area contributed by atoms with E-state index in [0.29, 0.717) is 30.0 Å². The fourth-order valence-corrected chi connectivity index (χ4v) is 7.15. The van der Waals surface area contributed by atoms with Crippen molar-refractivity contribution in [1.29, 1.82) is 0 Å². The number of allylic oxidation sites excluding steroid dienone is 4. The third-order valence-corrected chi connectivity index (χ3v) is 9.29. The van der Waals surface area contributed by atoms with E-state index in [1.54, 1.807) is 5.57 Å². The van der Waals surface area contributed by atoms with Gasteiger partial charge in [-0.15, -0.1) is 12.3 Å². The summed E-state index contributed by atoms with van der Waals surface area (Å²) in [5.41, 5.74) is 7.43. The maximum atomic E-state index is 12.1. The predicted octanol–water partition coefficient (Wildman–Crippen LogP) is 7.91. The fourth-order valence-electron chi connectivity index (χ4n) is 7.15. The predicted molar refractivity (Wildman–Crippen MR) is 150 cm³/mol. The van der Waals surface area contributed by atoms with Crippen LogP contribution in [0.25, 0.3) is 0 Å². The lowest BCUT2D eigenvalue weighted by molar-refractivity contribution is -0.114. The largest absolute Gasteiger partial charge is 0.393 e. The molecule has 2 fully saturated rings. The van der Waals surface area contributed by atoms with Crippen LogP contribution in [0.4, 0.5) is 0 Å². The normalized spacial score (nSPS) is 31.9. The number of aliphatic hydroxyl groups is 1. The highest BCUT2D eigenvalue weighted by Gasteiger charge is 2.56. The lowest BCUT2D eigenvalue weighted by atomic mass is 9.53. The molecule has 194 valence electrons. The Morgan fingerprint density at radius 2 is 1.61 bits per heavy atom. The number of benzene rings is 1. The van der Waals surface area contributed by atoms with E-state index in [1.165, 1.54) is 22.3 Å². The number of fused-ring (bicyclic) bond motifs is 4. The minimum absolute atomic E-state index is 0.00773. The quantitative estimate of drug-likeness (QED) is 0.410. The molecule has 36 heavy (non-hydrogen) atoms. The third-order valence-electron chi connectivity index (χ3n) is 9.29. The van der Waals surface area contributed by atoms with Gasteiger partial charge in [-0.1, -0.05) is 57.5 Å². The molecule has 0 saturated heterocycles. The lowest BCUT2D eigenvalue weighted by Gasteiger charge is -2.52. The van der Waals surface area contributed by atoms with E-state index in [0.717, 1.165) is 38.5 Å². The first-order chi connectivity index (χ1) is 16.7. The summed E-state index contributed by atoms with van der Waals surface area (Å²) in [4.78, 5) is 12.1. The first-order valence-corrected chi connectivity index (χ1v) is 14.0. The molecule has 1 N–H and O–H groups in total. The molecule has 1 aromatic carbocycles. The van der Waals surface area contributed by atoms with E-state index in [-0.39, 0.29) is 22.3 Å². The molecule has 0 amide bonds. The lowest BCUT2D eigenvalue weighted by Crippen LogP contribution is -2.45. The average Bonchev–Trinajstić information content (AvgIpc) is 3.12. The van der Waals surface area contributed by atoms with E-state index in [4.69, 9.17) is 6.42 Å². The Morgan fingerprint density at radius 3 is 2.19 bits per heavy atom. The van der Waals surface area contributed by atoms with Gasteiger partial charge in [0, 0.05) is 17.8 Å². The second-order valence-electron chi connectivity index (χ2n) is 13.9. The summed E-state index contributed by atoms with van der Waals surface area (Å²) in [7, 11) is 0. The van der Waals surface area contributed by atoms with E-state index in [2.05, 4.69) is 57.9 Å².